The second kappa shape index (κ2) is 11.6. The summed E-state index contributed by atoms with van der Waals surface area (Å²) in [6.07, 6.45) is 0.300. The van der Waals surface area contributed by atoms with Crippen molar-refractivity contribution in [3.63, 3.8) is 0 Å². The number of piperazine rings is 1. The van der Waals surface area contributed by atoms with Crippen molar-refractivity contribution in [1.29, 1.82) is 0 Å². The molecule has 0 aliphatic carbocycles. The number of hydrogen-bond donors (Lipinski definition) is 2. The van der Waals surface area contributed by atoms with Crippen LogP contribution < -0.4 is 15.8 Å². The Kier molecular flexibility index (Phi) is 9.91. The predicted octanol–water partition coefficient (Wildman–Crippen LogP) is 0.430. The molecule has 2 rings (SSSR count). The third-order valence-electron chi connectivity index (χ3n) is 4.91. The molecule has 0 aromatic heterocycles. The lowest BCUT2D eigenvalue weighted by Crippen LogP contribution is -2.54. The van der Waals surface area contributed by atoms with E-state index in [-0.39, 0.29) is 42.6 Å². The number of carbonyl (C=O) groups is 3. The Morgan fingerprint density at radius 3 is 2.24 bits per heavy atom. The summed E-state index contributed by atoms with van der Waals surface area (Å²) in [4.78, 5) is 40.1. The Hall–Kier alpha value is -2.32. The highest BCUT2D eigenvalue weighted by molar-refractivity contribution is 5.87. The van der Waals surface area contributed by atoms with Gasteiger partial charge in [-0.05, 0) is 23.6 Å². The summed E-state index contributed by atoms with van der Waals surface area (Å²) >= 11 is 0. The van der Waals surface area contributed by atoms with E-state index in [2.05, 4.69) is 5.32 Å². The minimum absolute atomic E-state index is 0. The summed E-state index contributed by atoms with van der Waals surface area (Å²) in [5.41, 5.74) is 6.66. The fraction of sp³-hybridized carbons (Fsp3) is 0.550. The van der Waals surface area contributed by atoms with E-state index in [1.54, 1.807) is 16.9 Å². The van der Waals surface area contributed by atoms with Crippen LogP contribution in [0.3, 0.4) is 0 Å². The average molecular weight is 427 g/mol. The van der Waals surface area contributed by atoms with E-state index in [0.29, 0.717) is 32.6 Å². The second-order valence-corrected chi connectivity index (χ2v) is 7.28. The van der Waals surface area contributed by atoms with Crippen LogP contribution in [0.5, 0.6) is 5.75 Å². The van der Waals surface area contributed by atoms with Crippen LogP contribution in [0.4, 0.5) is 0 Å². The van der Waals surface area contributed by atoms with Crippen molar-refractivity contribution >= 4 is 30.1 Å². The van der Waals surface area contributed by atoms with Crippen molar-refractivity contribution < 1.29 is 19.1 Å². The SMILES string of the molecule is COc1cccc(CC(=O)N2CCN(C(=O)CNC(=O)[C@@H](N)C(C)C)CC2)c1.Cl. The molecule has 29 heavy (non-hydrogen) atoms. The number of nitrogens with two attached hydrogens (primary N) is 1. The smallest absolute Gasteiger partial charge is 0.242 e. The number of amides is 3. The number of rotatable bonds is 7. The molecule has 0 radical (unpaired) electrons. The van der Waals surface area contributed by atoms with Gasteiger partial charge in [0.05, 0.1) is 26.1 Å². The van der Waals surface area contributed by atoms with Crippen molar-refractivity contribution in [1.82, 2.24) is 15.1 Å². The monoisotopic (exact) mass is 426 g/mol. The Balaban J connectivity index is 0.00000420. The molecule has 3 amide bonds. The standard InChI is InChI=1S/C20H30N4O4.ClH/c1-14(2)19(21)20(27)22-13-18(26)24-9-7-23(8-10-24)17(25)12-15-5-4-6-16(11-15)28-3;/h4-6,11,14,19H,7-10,12-13,21H2,1-3H3,(H,22,27);1H/t19-;/m0./s1. The Bertz CT molecular complexity index is 705. The summed E-state index contributed by atoms with van der Waals surface area (Å²) in [6, 6.07) is 6.81. The van der Waals surface area contributed by atoms with Crippen molar-refractivity contribution in [2.45, 2.75) is 26.3 Å². The zero-order valence-electron chi connectivity index (χ0n) is 17.2. The van der Waals surface area contributed by atoms with Crippen LogP contribution >= 0.6 is 12.4 Å². The van der Waals surface area contributed by atoms with Crippen molar-refractivity contribution in [3.8, 4) is 5.75 Å². The highest BCUT2D eigenvalue weighted by Crippen LogP contribution is 2.14. The molecule has 1 atom stereocenters. The van der Waals surface area contributed by atoms with Crippen molar-refractivity contribution in [2.75, 3.05) is 39.8 Å². The number of carbonyl (C=O) groups excluding carboxylic acids is 3. The van der Waals surface area contributed by atoms with Gasteiger partial charge in [0.2, 0.25) is 17.7 Å². The molecule has 8 nitrogen and oxygen atoms in total. The molecule has 0 saturated carbocycles. The van der Waals surface area contributed by atoms with E-state index in [0.717, 1.165) is 11.3 Å². The molecule has 1 aliphatic rings. The Labute approximate surface area is 178 Å². The number of benzene rings is 1. The van der Waals surface area contributed by atoms with E-state index in [1.807, 2.05) is 38.1 Å². The predicted molar refractivity (Wildman–Crippen MR) is 113 cm³/mol. The van der Waals surface area contributed by atoms with Crippen LogP contribution in [0.15, 0.2) is 24.3 Å². The lowest BCUT2D eigenvalue weighted by Gasteiger charge is -2.35. The van der Waals surface area contributed by atoms with Gasteiger partial charge in [-0.3, -0.25) is 14.4 Å². The molecule has 1 aromatic carbocycles. The highest BCUT2D eigenvalue weighted by atomic mass is 35.5. The summed E-state index contributed by atoms with van der Waals surface area (Å²) in [5.74, 6) is 0.269. The van der Waals surface area contributed by atoms with Crippen molar-refractivity contribution in [3.05, 3.63) is 29.8 Å². The molecule has 0 unspecified atom stereocenters. The molecule has 1 saturated heterocycles. The molecule has 0 spiro atoms. The van der Waals surface area contributed by atoms with E-state index in [9.17, 15) is 14.4 Å². The number of hydrogen-bond acceptors (Lipinski definition) is 5. The van der Waals surface area contributed by atoms with Crippen LogP contribution in [0.1, 0.15) is 19.4 Å². The minimum atomic E-state index is -0.626. The van der Waals surface area contributed by atoms with E-state index in [4.69, 9.17) is 10.5 Å². The van der Waals surface area contributed by atoms with E-state index in [1.165, 1.54) is 0 Å². The van der Waals surface area contributed by atoms with E-state index >= 15 is 0 Å². The zero-order chi connectivity index (χ0) is 20.7. The first kappa shape index (κ1) is 24.7. The topological polar surface area (TPSA) is 105 Å². The maximum Gasteiger partial charge on any atom is 0.242 e. The summed E-state index contributed by atoms with van der Waals surface area (Å²) in [7, 11) is 1.59. The largest absolute Gasteiger partial charge is 0.497 e. The van der Waals surface area contributed by atoms with E-state index < -0.39 is 6.04 Å². The number of ether oxygens (including phenoxy) is 1. The van der Waals surface area contributed by atoms with Crippen LogP contribution in [-0.2, 0) is 20.8 Å². The van der Waals surface area contributed by atoms with Crippen LogP contribution in [0, 0.1) is 5.92 Å². The van der Waals surface area contributed by atoms with Gasteiger partial charge < -0.3 is 25.6 Å². The third-order valence-corrected chi connectivity index (χ3v) is 4.91. The summed E-state index contributed by atoms with van der Waals surface area (Å²) < 4.78 is 5.18. The molecular formula is C20H31ClN4O4. The van der Waals surface area contributed by atoms with Gasteiger partial charge in [-0.15, -0.1) is 12.4 Å². The molecule has 9 heteroatoms. The average Bonchev–Trinajstić information content (AvgIpc) is 2.71. The maximum atomic E-state index is 12.5. The van der Waals surface area contributed by atoms with Gasteiger partial charge in [-0.2, -0.15) is 0 Å². The number of nitrogens with one attached hydrogen (secondary N) is 1. The molecule has 0 bridgehead atoms. The van der Waals surface area contributed by atoms with Gasteiger partial charge in [0.15, 0.2) is 0 Å². The zero-order valence-corrected chi connectivity index (χ0v) is 18.0. The van der Waals surface area contributed by atoms with Crippen LogP contribution in [0.2, 0.25) is 0 Å². The fourth-order valence-corrected chi connectivity index (χ4v) is 2.97. The first-order valence-electron chi connectivity index (χ1n) is 9.53. The van der Waals surface area contributed by atoms with Gasteiger partial charge in [0.25, 0.3) is 0 Å². The molecule has 3 N–H and O–H groups in total. The van der Waals surface area contributed by atoms with Gasteiger partial charge >= 0.3 is 0 Å². The lowest BCUT2D eigenvalue weighted by molar-refractivity contribution is -0.139. The number of methoxy groups -OCH3 is 1. The minimum Gasteiger partial charge on any atom is -0.497 e. The summed E-state index contributed by atoms with van der Waals surface area (Å²) in [6.45, 7) is 5.50. The third kappa shape index (κ3) is 7.21. The number of nitrogens with zero attached hydrogens (tertiary/aromatic N) is 2. The van der Waals surface area contributed by atoms with Crippen LogP contribution in [0.25, 0.3) is 0 Å². The maximum absolute atomic E-state index is 12.5. The molecule has 1 aromatic rings. The second-order valence-electron chi connectivity index (χ2n) is 7.28. The molecule has 1 heterocycles. The molecule has 162 valence electrons. The number of halogens is 1. The fourth-order valence-electron chi connectivity index (χ4n) is 2.97. The van der Waals surface area contributed by atoms with Crippen LogP contribution in [-0.4, -0.2) is 73.4 Å². The van der Waals surface area contributed by atoms with Crippen molar-refractivity contribution in [2.24, 2.45) is 11.7 Å². The summed E-state index contributed by atoms with van der Waals surface area (Å²) in [5, 5.41) is 2.59. The Morgan fingerprint density at radius 1 is 1.10 bits per heavy atom. The lowest BCUT2D eigenvalue weighted by atomic mass is 10.1. The van der Waals surface area contributed by atoms with Gasteiger partial charge in [-0.1, -0.05) is 26.0 Å². The Morgan fingerprint density at radius 2 is 1.69 bits per heavy atom. The first-order valence-corrected chi connectivity index (χ1v) is 9.53. The molecule has 1 fully saturated rings. The first-order chi connectivity index (χ1) is 13.3. The van der Waals surface area contributed by atoms with Gasteiger partial charge in [0.1, 0.15) is 5.75 Å². The quantitative estimate of drug-likeness (QED) is 0.657. The normalized spacial score (nSPS) is 14.8. The highest BCUT2D eigenvalue weighted by Gasteiger charge is 2.25. The van der Waals surface area contributed by atoms with Gasteiger partial charge in [-0.25, -0.2) is 0 Å². The molecular weight excluding hydrogens is 396 g/mol. The molecule has 1 aliphatic heterocycles. The van der Waals surface area contributed by atoms with Gasteiger partial charge in [0, 0.05) is 26.2 Å².